The van der Waals surface area contributed by atoms with Crippen molar-refractivity contribution in [1.29, 1.82) is 0 Å². The lowest BCUT2D eigenvalue weighted by Gasteiger charge is -2.23. The van der Waals surface area contributed by atoms with Gasteiger partial charge < -0.3 is 9.64 Å². The Morgan fingerprint density at radius 3 is 2.80 bits per heavy atom. The highest BCUT2D eigenvalue weighted by Crippen LogP contribution is 2.17. The van der Waals surface area contributed by atoms with E-state index in [1.165, 1.54) is 23.3 Å². The molecule has 0 N–H and O–H groups in total. The number of ether oxygens (including phenoxy) is 1. The number of esters is 1. The molecule has 6 nitrogen and oxygen atoms in total. The summed E-state index contributed by atoms with van der Waals surface area (Å²) in [6.45, 7) is -0.371. The highest BCUT2D eigenvalue weighted by molar-refractivity contribution is 7.91. The van der Waals surface area contributed by atoms with E-state index >= 15 is 0 Å². The van der Waals surface area contributed by atoms with Gasteiger partial charge in [-0.25, -0.2) is 13.2 Å². The van der Waals surface area contributed by atoms with E-state index in [9.17, 15) is 18.0 Å². The quantitative estimate of drug-likeness (QED) is 0.758. The van der Waals surface area contributed by atoms with Crippen LogP contribution < -0.4 is 0 Å². The summed E-state index contributed by atoms with van der Waals surface area (Å²) in [6, 6.07) is 3.01. The van der Waals surface area contributed by atoms with Crippen LogP contribution >= 0.6 is 11.3 Å². The zero-order valence-corrected chi connectivity index (χ0v) is 12.6. The van der Waals surface area contributed by atoms with Crippen LogP contribution in [0.2, 0.25) is 0 Å². The van der Waals surface area contributed by atoms with E-state index in [0.29, 0.717) is 11.3 Å². The Labute approximate surface area is 121 Å². The smallest absolute Gasteiger partial charge is 0.348 e. The largest absolute Gasteiger partial charge is 0.451 e. The highest BCUT2D eigenvalue weighted by Gasteiger charge is 2.32. The fourth-order valence-electron chi connectivity index (χ4n) is 1.98. The van der Waals surface area contributed by atoms with Gasteiger partial charge in [0, 0.05) is 13.1 Å². The topological polar surface area (TPSA) is 80.8 Å². The first-order valence-corrected chi connectivity index (χ1v) is 8.76. The minimum absolute atomic E-state index is 0.0197. The van der Waals surface area contributed by atoms with Crippen molar-refractivity contribution in [3.63, 3.8) is 0 Å². The summed E-state index contributed by atoms with van der Waals surface area (Å²) in [4.78, 5) is 25.2. The second kappa shape index (κ2) is 5.92. The zero-order valence-electron chi connectivity index (χ0n) is 10.9. The Balaban J connectivity index is 1.84. The molecule has 20 heavy (non-hydrogen) atoms. The predicted molar refractivity (Wildman–Crippen MR) is 74.4 cm³/mol. The number of nitrogens with zero attached hydrogens (tertiary/aromatic N) is 1. The van der Waals surface area contributed by atoms with Crippen LogP contribution in [0, 0.1) is 0 Å². The van der Waals surface area contributed by atoms with Crippen molar-refractivity contribution >= 4 is 33.1 Å². The van der Waals surface area contributed by atoms with Crippen molar-refractivity contribution < 1.29 is 22.7 Å². The summed E-state index contributed by atoms with van der Waals surface area (Å²) in [6.07, 6.45) is 0.434. The number of thiophene rings is 1. The fraction of sp³-hybridized carbons (Fsp3) is 0.500. The van der Waals surface area contributed by atoms with Crippen LogP contribution in [0.15, 0.2) is 17.5 Å². The van der Waals surface area contributed by atoms with Gasteiger partial charge in [-0.2, -0.15) is 0 Å². The standard InChI is InChI=1S/C12H15NO5S2/c1-13(9-4-6-20(16,17)8-9)11(14)7-18-12(15)10-3-2-5-19-10/h2-3,5,9H,4,6-8H2,1H3/t9-/m1/s1. The summed E-state index contributed by atoms with van der Waals surface area (Å²) in [5, 5.41) is 1.74. The minimum atomic E-state index is -3.04. The van der Waals surface area contributed by atoms with Crippen molar-refractivity contribution in [3.8, 4) is 0 Å². The number of carbonyl (C=O) groups is 2. The number of rotatable bonds is 4. The third kappa shape index (κ3) is 3.57. The van der Waals surface area contributed by atoms with Gasteiger partial charge in [0.1, 0.15) is 4.88 Å². The van der Waals surface area contributed by atoms with E-state index in [4.69, 9.17) is 4.74 Å². The van der Waals surface area contributed by atoms with E-state index in [0.717, 1.165) is 0 Å². The number of hydrogen-bond donors (Lipinski definition) is 0. The van der Waals surface area contributed by atoms with Crippen LogP contribution in [-0.2, 0) is 19.4 Å². The average molecular weight is 317 g/mol. The molecule has 0 aromatic carbocycles. The normalized spacial score (nSPS) is 20.6. The Hall–Kier alpha value is -1.41. The van der Waals surface area contributed by atoms with E-state index in [1.54, 1.807) is 17.5 Å². The van der Waals surface area contributed by atoms with Crippen LogP contribution in [0.4, 0.5) is 0 Å². The molecule has 0 bridgehead atoms. The Morgan fingerprint density at radius 1 is 1.50 bits per heavy atom. The van der Waals surface area contributed by atoms with Crippen molar-refractivity contribution in [2.24, 2.45) is 0 Å². The molecule has 2 rings (SSSR count). The van der Waals surface area contributed by atoms with E-state index < -0.39 is 21.7 Å². The number of carbonyl (C=O) groups excluding carboxylic acids is 2. The van der Waals surface area contributed by atoms with Crippen LogP contribution in [0.1, 0.15) is 16.1 Å². The molecular formula is C12H15NO5S2. The minimum Gasteiger partial charge on any atom is -0.451 e. The molecule has 0 saturated carbocycles. The van der Waals surface area contributed by atoms with Gasteiger partial charge in [0.2, 0.25) is 0 Å². The van der Waals surface area contributed by atoms with Crippen LogP contribution in [0.25, 0.3) is 0 Å². The number of hydrogen-bond acceptors (Lipinski definition) is 6. The van der Waals surface area contributed by atoms with E-state index in [2.05, 4.69) is 0 Å². The first-order valence-electron chi connectivity index (χ1n) is 6.06. The molecule has 1 fully saturated rings. The van der Waals surface area contributed by atoms with Crippen molar-refractivity contribution in [1.82, 2.24) is 4.90 Å². The molecule has 1 aliphatic heterocycles. The number of amides is 1. The van der Waals surface area contributed by atoms with Gasteiger partial charge in [0.05, 0.1) is 11.5 Å². The van der Waals surface area contributed by atoms with Gasteiger partial charge in [-0.05, 0) is 17.9 Å². The lowest BCUT2D eigenvalue weighted by Crippen LogP contribution is -2.40. The van der Waals surface area contributed by atoms with Gasteiger partial charge in [0.25, 0.3) is 5.91 Å². The monoisotopic (exact) mass is 317 g/mol. The van der Waals surface area contributed by atoms with Gasteiger partial charge in [-0.15, -0.1) is 11.3 Å². The average Bonchev–Trinajstić information content (AvgIpc) is 3.03. The molecule has 0 aliphatic carbocycles. The molecule has 2 heterocycles. The Bertz CT molecular complexity index is 593. The lowest BCUT2D eigenvalue weighted by molar-refractivity contribution is -0.134. The second-order valence-corrected chi connectivity index (χ2v) is 7.79. The molecular weight excluding hydrogens is 302 g/mol. The van der Waals surface area contributed by atoms with E-state index in [1.807, 2.05) is 0 Å². The lowest BCUT2D eigenvalue weighted by atomic mass is 10.2. The van der Waals surface area contributed by atoms with Gasteiger partial charge in [-0.1, -0.05) is 6.07 Å². The molecule has 1 amide bonds. The van der Waals surface area contributed by atoms with Gasteiger partial charge >= 0.3 is 5.97 Å². The maximum absolute atomic E-state index is 11.9. The van der Waals surface area contributed by atoms with E-state index in [-0.39, 0.29) is 24.2 Å². The fourth-order valence-corrected chi connectivity index (χ4v) is 4.37. The molecule has 8 heteroatoms. The third-order valence-electron chi connectivity index (χ3n) is 3.20. The molecule has 1 aromatic heterocycles. The molecule has 110 valence electrons. The van der Waals surface area contributed by atoms with Gasteiger partial charge in [-0.3, -0.25) is 4.79 Å². The summed E-state index contributed by atoms with van der Waals surface area (Å²) in [5.41, 5.74) is 0. The summed E-state index contributed by atoms with van der Waals surface area (Å²) < 4.78 is 27.6. The van der Waals surface area contributed by atoms with Crippen LogP contribution in [-0.4, -0.2) is 56.4 Å². The second-order valence-electron chi connectivity index (χ2n) is 4.61. The molecule has 1 aromatic rings. The highest BCUT2D eigenvalue weighted by atomic mass is 32.2. The summed E-state index contributed by atoms with van der Waals surface area (Å²) in [7, 11) is -1.51. The maximum Gasteiger partial charge on any atom is 0.348 e. The zero-order chi connectivity index (χ0) is 14.8. The van der Waals surface area contributed by atoms with Crippen molar-refractivity contribution in [3.05, 3.63) is 22.4 Å². The van der Waals surface area contributed by atoms with Crippen molar-refractivity contribution in [2.45, 2.75) is 12.5 Å². The molecule has 0 unspecified atom stereocenters. The first kappa shape index (κ1) is 15.0. The molecule has 1 saturated heterocycles. The van der Waals surface area contributed by atoms with Gasteiger partial charge in [0.15, 0.2) is 16.4 Å². The number of sulfone groups is 1. The molecule has 0 radical (unpaired) electrons. The van der Waals surface area contributed by atoms with Crippen LogP contribution in [0.3, 0.4) is 0 Å². The molecule has 1 aliphatic rings. The Kier molecular flexibility index (Phi) is 4.44. The Morgan fingerprint density at radius 2 is 2.25 bits per heavy atom. The third-order valence-corrected chi connectivity index (χ3v) is 5.80. The summed E-state index contributed by atoms with van der Waals surface area (Å²) in [5.74, 6) is -0.851. The predicted octanol–water partition coefficient (Wildman–Crippen LogP) is 0.550. The number of likely N-dealkylation sites (N-methyl/N-ethyl adjacent to an activating group) is 1. The van der Waals surface area contributed by atoms with Crippen LogP contribution in [0.5, 0.6) is 0 Å². The first-order chi connectivity index (χ1) is 9.39. The summed E-state index contributed by atoms with van der Waals surface area (Å²) >= 11 is 1.24. The maximum atomic E-state index is 11.9. The molecule has 1 atom stereocenters. The van der Waals surface area contributed by atoms with Crippen molar-refractivity contribution in [2.75, 3.05) is 25.2 Å². The molecule has 0 spiro atoms. The SMILES string of the molecule is CN(C(=O)COC(=O)c1cccs1)[C@@H]1CCS(=O)(=O)C1.